The molecule has 0 aliphatic carbocycles. The third-order valence-electron chi connectivity index (χ3n) is 3.92. The average molecular weight is 486 g/mol. The van der Waals surface area contributed by atoms with E-state index in [1.54, 1.807) is 24.3 Å². The van der Waals surface area contributed by atoms with Gasteiger partial charge in [-0.2, -0.15) is 0 Å². The maximum absolute atomic E-state index is 14.3. The molecule has 5 nitrogen and oxygen atoms in total. The van der Waals surface area contributed by atoms with E-state index in [9.17, 15) is 27.9 Å². The topological polar surface area (TPSA) is 75.6 Å². The quantitative estimate of drug-likeness (QED) is 0.496. The van der Waals surface area contributed by atoms with E-state index in [2.05, 4.69) is 26.0 Å². The monoisotopic (exact) mass is 485 g/mol. The van der Waals surface area contributed by atoms with Gasteiger partial charge in [-0.3, -0.25) is 4.79 Å². The number of carboxylic acids is 1. The summed E-state index contributed by atoms with van der Waals surface area (Å²) in [4.78, 5) is 24.6. The number of carbonyl (C=O) groups is 2. The molecular weight excluding hydrogens is 475 g/mol. The van der Waals surface area contributed by atoms with E-state index in [0.29, 0.717) is 16.5 Å². The number of carboxylic acid groups (broad SMARTS) is 1. The summed E-state index contributed by atoms with van der Waals surface area (Å²) in [5.74, 6) is -7.81. The van der Waals surface area contributed by atoms with Crippen LogP contribution in [0.5, 0.6) is 5.75 Å². The van der Waals surface area contributed by atoms with Crippen molar-refractivity contribution >= 4 is 44.8 Å². The number of amides is 1. The van der Waals surface area contributed by atoms with Crippen LogP contribution in [0.4, 0.5) is 18.9 Å². The van der Waals surface area contributed by atoms with Crippen LogP contribution in [0, 0.1) is 17.5 Å². The number of aromatic carboxylic acids is 1. The number of nitrogens with one attached hydrogen (secondary N) is 1. The summed E-state index contributed by atoms with van der Waals surface area (Å²) < 4.78 is 47.2. The van der Waals surface area contributed by atoms with Crippen LogP contribution in [-0.2, 0) is 0 Å². The van der Waals surface area contributed by atoms with Gasteiger partial charge in [-0.15, -0.1) is 11.3 Å². The van der Waals surface area contributed by atoms with Gasteiger partial charge < -0.3 is 15.2 Å². The molecule has 1 amide bonds. The van der Waals surface area contributed by atoms with Crippen LogP contribution in [0.2, 0.25) is 0 Å². The zero-order valence-electron chi connectivity index (χ0n) is 14.6. The molecule has 1 heterocycles. The third-order valence-corrected chi connectivity index (χ3v) is 5.48. The summed E-state index contributed by atoms with van der Waals surface area (Å²) in [6.07, 6.45) is 0. The molecule has 0 bridgehead atoms. The Kier molecular flexibility index (Phi) is 5.94. The van der Waals surface area contributed by atoms with Crippen molar-refractivity contribution in [3.05, 3.63) is 68.8 Å². The number of benzene rings is 2. The minimum absolute atomic E-state index is 0.146. The number of anilines is 1. The smallest absolute Gasteiger partial charge is 0.339 e. The zero-order valence-corrected chi connectivity index (χ0v) is 17.0. The Balaban J connectivity index is 2.02. The first-order chi connectivity index (χ1) is 13.7. The number of hydrogen-bond donors (Lipinski definition) is 2. The Labute approximate surface area is 174 Å². The molecule has 3 aromatic rings. The molecular formula is C19H11BrF3NO4S. The zero-order chi connectivity index (χ0) is 21.3. The SMILES string of the molecule is COc1c(F)cc(F)c(C(=O)Nc2csc(-c3ccc(Br)cc3)c2C(=O)O)c1F. The van der Waals surface area contributed by atoms with Crippen LogP contribution in [-0.4, -0.2) is 24.1 Å². The molecule has 29 heavy (non-hydrogen) atoms. The molecule has 3 rings (SSSR count). The van der Waals surface area contributed by atoms with E-state index >= 15 is 0 Å². The Morgan fingerprint density at radius 1 is 1.10 bits per heavy atom. The van der Waals surface area contributed by atoms with Gasteiger partial charge in [0, 0.05) is 15.9 Å². The first-order valence-corrected chi connectivity index (χ1v) is 9.55. The number of hydrogen-bond acceptors (Lipinski definition) is 4. The molecule has 0 unspecified atom stereocenters. The summed E-state index contributed by atoms with van der Waals surface area (Å²) in [6.45, 7) is 0. The highest BCUT2D eigenvalue weighted by Gasteiger charge is 2.27. The van der Waals surface area contributed by atoms with Gasteiger partial charge in [0.2, 0.25) is 0 Å². The lowest BCUT2D eigenvalue weighted by molar-refractivity contribution is 0.0699. The number of carbonyl (C=O) groups excluding carboxylic acids is 1. The summed E-state index contributed by atoms with van der Waals surface area (Å²) in [7, 11) is 0.965. The molecule has 0 atom stereocenters. The van der Waals surface area contributed by atoms with E-state index < -0.39 is 40.6 Å². The highest BCUT2D eigenvalue weighted by molar-refractivity contribution is 9.10. The average Bonchev–Trinajstić information content (AvgIpc) is 3.06. The van der Waals surface area contributed by atoms with Gasteiger partial charge in [-0.05, 0) is 17.7 Å². The van der Waals surface area contributed by atoms with Gasteiger partial charge in [-0.1, -0.05) is 28.1 Å². The molecule has 0 saturated carbocycles. The van der Waals surface area contributed by atoms with E-state index in [1.165, 1.54) is 5.38 Å². The number of halogens is 4. The molecule has 0 radical (unpaired) electrons. The second-order valence-electron chi connectivity index (χ2n) is 5.68. The van der Waals surface area contributed by atoms with Crippen molar-refractivity contribution in [2.45, 2.75) is 0 Å². The summed E-state index contributed by atoms with van der Waals surface area (Å²) in [6, 6.07) is 7.11. The van der Waals surface area contributed by atoms with Crippen LogP contribution in [0.1, 0.15) is 20.7 Å². The van der Waals surface area contributed by atoms with E-state index in [-0.39, 0.29) is 11.3 Å². The van der Waals surface area contributed by atoms with Crippen molar-refractivity contribution in [3.63, 3.8) is 0 Å². The van der Waals surface area contributed by atoms with Crippen molar-refractivity contribution in [1.29, 1.82) is 0 Å². The normalized spacial score (nSPS) is 10.7. The number of rotatable bonds is 5. The highest BCUT2D eigenvalue weighted by Crippen LogP contribution is 2.37. The van der Waals surface area contributed by atoms with Gasteiger partial charge in [-0.25, -0.2) is 18.0 Å². The maximum atomic E-state index is 14.3. The van der Waals surface area contributed by atoms with Crippen LogP contribution >= 0.6 is 27.3 Å². The van der Waals surface area contributed by atoms with E-state index in [1.807, 2.05) is 0 Å². The Hall–Kier alpha value is -2.85. The second-order valence-corrected chi connectivity index (χ2v) is 7.48. The standard InChI is InChI=1S/C19H11BrF3NO4S/c1-28-16-11(22)6-10(21)13(15(16)23)18(25)24-12-7-29-17(14(12)19(26)27)8-2-4-9(20)5-3-8/h2-7H,1H3,(H,24,25)(H,26,27). The fourth-order valence-electron chi connectivity index (χ4n) is 2.63. The Morgan fingerprint density at radius 3 is 2.34 bits per heavy atom. The summed E-state index contributed by atoms with van der Waals surface area (Å²) in [5.41, 5.74) is -0.888. The van der Waals surface area contributed by atoms with Gasteiger partial charge in [0.15, 0.2) is 17.4 Å². The first-order valence-electron chi connectivity index (χ1n) is 7.88. The van der Waals surface area contributed by atoms with Crippen LogP contribution in [0.3, 0.4) is 0 Å². The minimum Gasteiger partial charge on any atom is -0.491 e. The predicted octanol–water partition coefficient (Wildman–Crippen LogP) is 5.55. The Bertz CT molecular complexity index is 1120. The first kappa shape index (κ1) is 20.9. The van der Waals surface area contributed by atoms with Crippen molar-refractivity contribution in [2.75, 3.05) is 12.4 Å². The lowest BCUT2D eigenvalue weighted by atomic mass is 10.1. The largest absolute Gasteiger partial charge is 0.491 e. The molecule has 0 aliphatic heterocycles. The summed E-state index contributed by atoms with van der Waals surface area (Å²) >= 11 is 4.32. The van der Waals surface area contributed by atoms with Crippen LogP contribution in [0.15, 0.2) is 40.2 Å². The van der Waals surface area contributed by atoms with Crippen molar-refractivity contribution in [2.24, 2.45) is 0 Å². The number of ether oxygens (including phenoxy) is 1. The van der Waals surface area contributed by atoms with E-state index in [4.69, 9.17) is 0 Å². The summed E-state index contributed by atoms with van der Waals surface area (Å²) in [5, 5.41) is 13.1. The minimum atomic E-state index is -1.53. The molecule has 0 spiro atoms. The molecule has 2 aromatic carbocycles. The van der Waals surface area contributed by atoms with Crippen molar-refractivity contribution in [1.82, 2.24) is 0 Å². The molecule has 0 saturated heterocycles. The van der Waals surface area contributed by atoms with Crippen LogP contribution in [0.25, 0.3) is 10.4 Å². The lowest BCUT2D eigenvalue weighted by Crippen LogP contribution is -2.18. The van der Waals surface area contributed by atoms with E-state index in [0.717, 1.165) is 22.9 Å². The Morgan fingerprint density at radius 2 is 1.76 bits per heavy atom. The van der Waals surface area contributed by atoms with Crippen molar-refractivity contribution in [3.8, 4) is 16.2 Å². The maximum Gasteiger partial charge on any atom is 0.339 e. The van der Waals surface area contributed by atoms with Gasteiger partial charge in [0.05, 0.1) is 17.7 Å². The second kappa shape index (κ2) is 8.26. The number of thiophene rings is 1. The number of methoxy groups -OCH3 is 1. The van der Waals surface area contributed by atoms with Gasteiger partial charge >= 0.3 is 5.97 Å². The third kappa shape index (κ3) is 3.99. The molecule has 150 valence electrons. The van der Waals surface area contributed by atoms with Gasteiger partial charge in [0.25, 0.3) is 5.91 Å². The molecule has 2 N–H and O–H groups in total. The van der Waals surface area contributed by atoms with Crippen LogP contribution < -0.4 is 10.1 Å². The lowest BCUT2D eigenvalue weighted by Gasteiger charge is -2.11. The highest BCUT2D eigenvalue weighted by atomic mass is 79.9. The fourth-order valence-corrected chi connectivity index (χ4v) is 3.89. The molecule has 0 aliphatic rings. The van der Waals surface area contributed by atoms with Crippen molar-refractivity contribution < 1.29 is 32.6 Å². The fraction of sp³-hybridized carbons (Fsp3) is 0.0526. The van der Waals surface area contributed by atoms with Gasteiger partial charge in [0.1, 0.15) is 16.9 Å². The predicted molar refractivity (Wildman–Crippen MR) is 105 cm³/mol. The molecule has 0 fully saturated rings. The molecule has 10 heteroatoms. The molecule has 1 aromatic heterocycles.